The first-order valence-corrected chi connectivity index (χ1v) is 8.42. The van der Waals surface area contributed by atoms with Crippen molar-refractivity contribution in [2.75, 3.05) is 45.8 Å². The Morgan fingerprint density at radius 3 is 2.25 bits per heavy atom. The van der Waals surface area contributed by atoms with E-state index in [0.29, 0.717) is 11.8 Å². The van der Waals surface area contributed by atoms with Crippen LogP contribution in [0, 0.1) is 5.92 Å². The SMILES string of the molecule is CCN(CC)CCCN(CC)C(=O)CC1CCNCC1. The summed E-state index contributed by atoms with van der Waals surface area (Å²) in [6.45, 7) is 13.7. The third-order valence-electron chi connectivity index (χ3n) is 4.45. The standard InChI is InChI=1S/C16H33N3O/c1-4-18(5-2)12-7-13-19(6-3)16(20)14-15-8-10-17-11-9-15/h15,17H,4-14H2,1-3H3. The second-order valence-electron chi connectivity index (χ2n) is 5.75. The fourth-order valence-electron chi connectivity index (χ4n) is 2.95. The van der Waals surface area contributed by atoms with Gasteiger partial charge >= 0.3 is 0 Å². The van der Waals surface area contributed by atoms with Crippen LogP contribution in [0.2, 0.25) is 0 Å². The molecule has 20 heavy (non-hydrogen) atoms. The molecule has 4 heteroatoms. The van der Waals surface area contributed by atoms with Crippen molar-refractivity contribution in [3.63, 3.8) is 0 Å². The largest absolute Gasteiger partial charge is 0.343 e. The molecule has 118 valence electrons. The highest BCUT2D eigenvalue weighted by Crippen LogP contribution is 2.17. The van der Waals surface area contributed by atoms with Crippen molar-refractivity contribution in [1.82, 2.24) is 15.1 Å². The van der Waals surface area contributed by atoms with Crippen molar-refractivity contribution in [1.29, 1.82) is 0 Å². The summed E-state index contributed by atoms with van der Waals surface area (Å²) in [5, 5.41) is 3.36. The number of hydrogen-bond donors (Lipinski definition) is 1. The monoisotopic (exact) mass is 283 g/mol. The molecule has 0 spiro atoms. The van der Waals surface area contributed by atoms with Gasteiger partial charge in [-0.2, -0.15) is 0 Å². The van der Waals surface area contributed by atoms with Crippen LogP contribution in [-0.2, 0) is 4.79 Å². The molecule has 0 aromatic rings. The van der Waals surface area contributed by atoms with E-state index in [1.165, 1.54) is 0 Å². The number of rotatable bonds is 9. The third kappa shape index (κ3) is 6.23. The molecule has 0 unspecified atom stereocenters. The molecule has 1 N–H and O–H groups in total. The van der Waals surface area contributed by atoms with Crippen molar-refractivity contribution in [3.8, 4) is 0 Å². The van der Waals surface area contributed by atoms with Gasteiger partial charge in [-0.15, -0.1) is 0 Å². The molecule has 0 aromatic heterocycles. The van der Waals surface area contributed by atoms with Gasteiger partial charge in [0, 0.05) is 19.5 Å². The lowest BCUT2D eigenvalue weighted by Gasteiger charge is -2.27. The molecule has 0 aromatic carbocycles. The normalized spacial score (nSPS) is 16.6. The van der Waals surface area contributed by atoms with Crippen molar-refractivity contribution >= 4 is 5.91 Å². The molecule has 0 radical (unpaired) electrons. The first kappa shape index (κ1) is 17.4. The van der Waals surface area contributed by atoms with E-state index in [9.17, 15) is 4.79 Å². The van der Waals surface area contributed by atoms with E-state index >= 15 is 0 Å². The van der Waals surface area contributed by atoms with Gasteiger partial charge in [0.25, 0.3) is 0 Å². The number of hydrogen-bond acceptors (Lipinski definition) is 3. The molecule has 1 fully saturated rings. The van der Waals surface area contributed by atoms with Crippen LogP contribution < -0.4 is 5.32 Å². The summed E-state index contributed by atoms with van der Waals surface area (Å²) in [7, 11) is 0. The van der Waals surface area contributed by atoms with Gasteiger partial charge in [-0.1, -0.05) is 13.8 Å². The summed E-state index contributed by atoms with van der Waals surface area (Å²) in [5.41, 5.74) is 0. The van der Waals surface area contributed by atoms with E-state index < -0.39 is 0 Å². The van der Waals surface area contributed by atoms with Gasteiger partial charge in [0.05, 0.1) is 0 Å². The highest BCUT2D eigenvalue weighted by molar-refractivity contribution is 5.76. The second-order valence-corrected chi connectivity index (χ2v) is 5.75. The predicted molar refractivity (Wildman–Crippen MR) is 84.9 cm³/mol. The molecule has 0 aliphatic carbocycles. The van der Waals surface area contributed by atoms with Gasteiger partial charge in [0.15, 0.2) is 0 Å². The lowest BCUT2D eigenvalue weighted by molar-refractivity contribution is -0.132. The first-order valence-electron chi connectivity index (χ1n) is 8.42. The molecule has 0 atom stereocenters. The summed E-state index contributed by atoms with van der Waals surface area (Å²) in [6.07, 6.45) is 4.15. The zero-order chi connectivity index (χ0) is 14.8. The maximum absolute atomic E-state index is 12.3. The van der Waals surface area contributed by atoms with Crippen LogP contribution >= 0.6 is 0 Å². The average Bonchev–Trinajstić information content (AvgIpc) is 2.48. The Balaban J connectivity index is 2.27. The van der Waals surface area contributed by atoms with Crippen molar-refractivity contribution < 1.29 is 4.79 Å². The van der Waals surface area contributed by atoms with Gasteiger partial charge in [0.2, 0.25) is 5.91 Å². The van der Waals surface area contributed by atoms with Crippen LogP contribution in [0.5, 0.6) is 0 Å². The maximum atomic E-state index is 12.3. The number of carbonyl (C=O) groups is 1. The molecule has 4 nitrogen and oxygen atoms in total. The van der Waals surface area contributed by atoms with Crippen LogP contribution in [0.3, 0.4) is 0 Å². The Morgan fingerprint density at radius 1 is 1.05 bits per heavy atom. The van der Waals surface area contributed by atoms with Crippen LogP contribution in [0.25, 0.3) is 0 Å². The number of nitrogens with zero attached hydrogens (tertiary/aromatic N) is 2. The Morgan fingerprint density at radius 2 is 1.70 bits per heavy atom. The number of nitrogens with one attached hydrogen (secondary N) is 1. The Bertz CT molecular complexity index is 260. The van der Waals surface area contributed by atoms with Crippen LogP contribution in [0.15, 0.2) is 0 Å². The van der Waals surface area contributed by atoms with E-state index in [1.54, 1.807) is 0 Å². The number of amides is 1. The molecule has 1 amide bonds. The molecule has 1 saturated heterocycles. The minimum Gasteiger partial charge on any atom is -0.343 e. The van der Waals surface area contributed by atoms with Crippen molar-refractivity contribution in [2.24, 2.45) is 5.92 Å². The minimum absolute atomic E-state index is 0.360. The minimum atomic E-state index is 0.360. The van der Waals surface area contributed by atoms with Gasteiger partial charge in [-0.25, -0.2) is 0 Å². The van der Waals surface area contributed by atoms with Crippen LogP contribution in [-0.4, -0.2) is 61.5 Å². The molecular formula is C16H33N3O. The zero-order valence-corrected chi connectivity index (χ0v) is 13.7. The topological polar surface area (TPSA) is 35.6 Å². The summed E-state index contributed by atoms with van der Waals surface area (Å²) in [6, 6.07) is 0. The van der Waals surface area contributed by atoms with E-state index in [1.807, 2.05) is 4.90 Å². The number of carbonyl (C=O) groups excluding carboxylic acids is 1. The van der Waals surface area contributed by atoms with E-state index in [2.05, 4.69) is 31.0 Å². The fraction of sp³-hybridized carbons (Fsp3) is 0.938. The average molecular weight is 283 g/mol. The van der Waals surface area contributed by atoms with Gasteiger partial charge in [-0.05, 0) is 64.8 Å². The van der Waals surface area contributed by atoms with Gasteiger partial charge in [0.1, 0.15) is 0 Å². The van der Waals surface area contributed by atoms with Gasteiger partial charge in [-0.3, -0.25) is 4.79 Å². The Hall–Kier alpha value is -0.610. The van der Waals surface area contributed by atoms with Crippen LogP contribution in [0.1, 0.15) is 46.5 Å². The lowest BCUT2D eigenvalue weighted by atomic mass is 9.94. The highest BCUT2D eigenvalue weighted by Gasteiger charge is 2.20. The molecule has 0 bridgehead atoms. The van der Waals surface area contributed by atoms with Crippen molar-refractivity contribution in [3.05, 3.63) is 0 Å². The molecule has 1 aliphatic heterocycles. The van der Waals surface area contributed by atoms with E-state index in [4.69, 9.17) is 0 Å². The summed E-state index contributed by atoms with van der Waals surface area (Å²) >= 11 is 0. The van der Waals surface area contributed by atoms with Gasteiger partial charge < -0.3 is 15.1 Å². The molecular weight excluding hydrogens is 250 g/mol. The van der Waals surface area contributed by atoms with E-state index in [0.717, 1.165) is 71.5 Å². The lowest BCUT2D eigenvalue weighted by Crippen LogP contribution is -2.37. The third-order valence-corrected chi connectivity index (χ3v) is 4.45. The first-order chi connectivity index (χ1) is 9.71. The second kappa shape index (κ2) is 10.2. The smallest absolute Gasteiger partial charge is 0.222 e. The molecule has 1 rings (SSSR count). The predicted octanol–water partition coefficient (Wildman–Crippen LogP) is 1.96. The zero-order valence-electron chi connectivity index (χ0n) is 13.7. The summed E-state index contributed by atoms with van der Waals surface area (Å²) in [4.78, 5) is 16.8. The molecule has 1 aliphatic rings. The Kier molecular flexibility index (Phi) is 8.86. The quantitative estimate of drug-likeness (QED) is 0.702. The summed E-state index contributed by atoms with van der Waals surface area (Å²) in [5.74, 6) is 0.958. The van der Waals surface area contributed by atoms with Crippen molar-refractivity contribution in [2.45, 2.75) is 46.5 Å². The highest BCUT2D eigenvalue weighted by atomic mass is 16.2. The van der Waals surface area contributed by atoms with E-state index in [-0.39, 0.29) is 0 Å². The van der Waals surface area contributed by atoms with Crippen LogP contribution in [0.4, 0.5) is 0 Å². The fourth-order valence-corrected chi connectivity index (χ4v) is 2.95. The Labute approximate surface area is 124 Å². The summed E-state index contributed by atoms with van der Waals surface area (Å²) < 4.78 is 0. The molecule has 1 heterocycles. The molecule has 0 saturated carbocycles. The number of piperidine rings is 1. The maximum Gasteiger partial charge on any atom is 0.222 e.